The molecule has 0 heterocycles. The van der Waals surface area contributed by atoms with Crippen LogP contribution in [0.25, 0.3) is 0 Å². The molecule has 2 aromatic carbocycles. The summed E-state index contributed by atoms with van der Waals surface area (Å²) in [4.78, 5) is 4.43. The molecule has 0 aliphatic rings. The molecule has 0 aliphatic carbocycles. The molecule has 0 aliphatic heterocycles. The van der Waals surface area contributed by atoms with Gasteiger partial charge in [-0.3, -0.25) is 4.99 Å². The molecule has 0 fully saturated rings. The Morgan fingerprint density at radius 3 is 2.68 bits per heavy atom. The van der Waals surface area contributed by atoms with Crippen LogP contribution in [0.1, 0.15) is 16.7 Å². The minimum absolute atomic E-state index is 0.110. The Morgan fingerprint density at radius 2 is 1.95 bits per heavy atom. The van der Waals surface area contributed by atoms with E-state index in [0.29, 0.717) is 11.3 Å². The number of hydrogen-bond donors (Lipinski definition) is 1. The van der Waals surface area contributed by atoms with E-state index in [9.17, 15) is 5.11 Å². The molecule has 0 saturated heterocycles. The number of phenolic OH excluding ortho intramolecular Hbond substituents is 1. The van der Waals surface area contributed by atoms with Gasteiger partial charge in [-0.1, -0.05) is 18.2 Å². The van der Waals surface area contributed by atoms with Crippen molar-refractivity contribution < 1.29 is 9.84 Å². The summed E-state index contributed by atoms with van der Waals surface area (Å²) >= 11 is 0. The third kappa shape index (κ3) is 2.94. The zero-order valence-corrected chi connectivity index (χ0v) is 11.3. The van der Waals surface area contributed by atoms with Crippen molar-refractivity contribution in [3.8, 4) is 11.5 Å². The fraction of sp³-hybridized carbons (Fsp3) is 0.188. The highest BCUT2D eigenvalue weighted by Gasteiger charge is 2.05. The maximum atomic E-state index is 9.97. The fourth-order valence-electron chi connectivity index (χ4n) is 1.81. The molecule has 3 nitrogen and oxygen atoms in total. The van der Waals surface area contributed by atoms with E-state index >= 15 is 0 Å². The first-order valence-electron chi connectivity index (χ1n) is 6.09. The van der Waals surface area contributed by atoms with Crippen LogP contribution in [0.2, 0.25) is 0 Å². The standard InChI is InChI=1S/C16H17NO2/c1-11-7-8-12(2)14(9-11)17-10-13-5-4-6-15(19-3)16(13)18/h4-10,18H,1-3H3. The number of hydrogen-bond acceptors (Lipinski definition) is 3. The van der Waals surface area contributed by atoms with Gasteiger partial charge >= 0.3 is 0 Å². The average Bonchev–Trinajstić information content (AvgIpc) is 2.41. The molecule has 19 heavy (non-hydrogen) atoms. The highest BCUT2D eigenvalue weighted by atomic mass is 16.5. The van der Waals surface area contributed by atoms with Gasteiger partial charge in [-0.25, -0.2) is 0 Å². The largest absolute Gasteiger partial charge is 0.504 e. The summed E-state index contributed by atoms with van der Waals surface area (Å²) in [7, 11) is 1.53. The van der Waals surface area contributed by atoms with Gasteiger partial charge in [0.1, 0.15) is 0 Å². The smallest absolute Gasteiger partial charge is 0.166 e. The predicted octanol–water partition coefficient (Wildman–Crippen LogP) is 3.77. The Hall–Kier alpha value is -2.29. The van der Waals surface area contributed by atoms with Gasteiger partial charge < -0.3 is 9.84 Å². The molecule has 0 atom stereocenters. The van der Waals surface area contributed by atoms with E-state index < -0.39 is 0 Å². The van der Waals surface area contributed by atoms with Crippen molar-refractivity contribution in [2.75, 3.05) is 7.11 Å². The van der Waals surface area contributed by atoms with Gasteiger partial charge in [0.05, 0.1) is 12.8 Å². The highest BCUT2D eigenvalue weighted by molar-refractivity contribution is 5.86. The molecule has 0 amide bonds. The van der Waals surface area contributed by atoms with E-state index in [1.165, 1.54) is 7.11 Å². The molecular weight excluding hydrogens is 238 g/mol. The van der Waals surface area contributed by atoms with Gasteiger partial charge in [0.15, 0.2) is 11.5 Å². The number of nitrogens with zero attached hydrogens (tertiary/aromatic N) is 1. The summed E-state index contributed by atoms with van der Waals surface area (Å²) in [6.07, 6.45) is 1.65. The van der Waals surface area contributed by atoms with Crippen molar-refractivity contribution in [2.45, 2.75) is 13.8 Å². The number of para-hydroxylation sites is 1. The third-order valence-corrected chi connectivity index (χ3v) is 2.96. The number of aromatic hydroxyl groups is 1. The molecule has 98 valence electrons. The van der Waals surface area contributed by atoms with Crippen LogP contribution in [-0.2, 0) is 0 Å². The van der Waals surface area contributed by atoms with Gasteiger partial charge in [-0.2, -0.15) is 0 Å². The molecule has 0 spiro atoms. The van der Waals surface area contributed by atoms with Gasteiger partial charge in [0.2, 0.25) is 0 Å². The number of methoxy groups -OCH3 is 1. The molecular formula is C16H17NO2. The van der Waals surface area contributed by atoms with Crippen molar-refractivity contribution >= 4 is 11.9 Å². The maximum Gasteiger partial charge on any atom is 0.166 e. The number of benzene rings is 2. The zero-order valence-electron chi connectivity index (χ0n) is 11.3. The van der Waals surface area contributed by atoms with E-state index in [1.807, 2.05) is 32.0 Å². The number of rotatable bonds is 3. The fourth-order valence-corrected chi connectivity index (χ4v) is 1.81. The first kappa shape index (κ1) is 13.1. The highest BCUT2D eigenvalue weighted by Crippen LogP contribution is 2.29. The van der Waals surface area contributed by atoms with Gasteiger partial charge in [0.25, 0.3) is 0 Å². The van der Waals surface area contributed by atoms with E-state index in [2.05, 4.69) is 11.1 Å². The lowest BCUT2D eigenvalue weighted by Crippen LogP contribution is -1.88. The molecule has 0 aromatic heterocycles. The van der Waals surface area contributed by atoms with Crippen LogP contribution in [0, 0.1) is 13.8 Å². The minimum Gasteiger partial charge on any atom is -0.504 e. The Morgan fingerprint density at radius 1 is 1.16 bits per heavy atom. The van der Waals surface area contributed by atoms with Crippen LogP contribution in [0.15, 0.2) is 41.4 Å². The van der Waals surface area contributed by atoms with Crippen LogP contribution in [0.3, 0.4) is 0 Å². The van der Waals surface area contributed by atoms with Crippen molar-refractivity contribution in [3.63, 3.8) is 0 Å². The molecule has 2 rings (SSSR count). The first-order chi connectivity index (χ1) is 9.11. The first-order valence-corrected chi connectivity index (χ1v) is 6.09. The number of ether oxygens (including phenoxy) is 1. The summed E-state index contributed by atoms with van der Waals surface area (Å²) in [5, 5.41) is 9.97. The maximum absolute atomic E-state index is 9.97. The number of phenols is 1. The zero-order chi connectivity index (χ0) is 13.8. The topological polar surface area (TPSA) is 41.8 Å². The lowest BCUT2D eigenvalue weighted by Gasteiger charge is -2.05. The summed E-state index contributed by atoms with van der Waals surface area (Å²) < 4.78 is 5.07. The van der Waals surface area contributed by atoms with Crippen LogP contribution in [0.5, 0.6) is 11.5 Å². The van der Waals surface area contributed by atoms with Crippen LogP contribution < -0.4 is 4.74 Å². The second-order valence-electron chi connectivity index (χ2n) is 4.45. The van der Waals surface area contributed by atoms with E-state index in [1.54, 1.807) is 18.3 Å². The van der Waals surface area contributed by atoms with Gasteiger partial charge in [0, 0.05) is 11.8 Å². The Bertz CT molecular complexity index is 618. The Labute approximate surface area is 113 Å². The van der Waals surface area contributed by atoms with Crippen molar-refractivity contribution in [3.05, 3.63) is 53.1 Å². The molecule has 0 unspecified atom stereocenters. The van der Waals surface area contributed by atoms with Crippen molar-refractivity contribution in [1.29, 1.82) is 0 Å². The molecule has 1 N–H and O–H groups in total. The monoisotopic (exact) mass is 255 g/mol. The minimum atomic E-state index is 0.110. The Balaban J connectivity index is 2.35. The second-order valence-corrected chi connectivity index (χ2v) is 4.45. The Kier molecular flexibility index (Phi) is 3.85. The molecule has 0 saturated carbocycles. The lowest BCUT2D eigenvalue weighted by atomic mass is 10.1. The van der Waals surface area contributed by atoms with E-state index in [4.69, 9.17) is 4.74 Å². The molecule has 0 radical (unpaired) electrons. The van der Waals surface area contributed by atoms with E-state index in [0.717, 1.165) is 16.8 Å². The van der Waals surface area contributed by atoms with Crippen molar-refractivity contribution in [1.82, 2.24) is 0 Å². The van der Waals surface area contributed by atoms with Crippen LogP contribution in [0.4, 0.5) is 5.69 Å². The van der Waals surface area contributed by atoms with Crippen molar-refractivity contribution in [2.24, 2.45) is 4.99 Å². The summed E-state index contributed by atoms with van der Waals surface area (Å²) in [6, 6.07) is 11.4. The van der Waals surface area contributed by atoms with Gasteiger partial charge in [-0.15, -0.1) is 0 Å². The average molecular weight is 255 g/mol. The van der Waals surface area contributed by atoms with Gasteiger partial charge in [-0.05, 0) is 43.2 Å². The lowest BCUT2D eigenvalue weighted by molar-refractivity contribution is 0.373. The third-order valence-electron chi connectivity index (χ3n) is 2.96. The quantitative estimate of drug-likeness (QED) is 0.848. The summed E-state index contributed by atoms with van der Waals surface area (Å²) in [6.45, 7) is 4.04. The summed E-state index contributed by atoms with van der Waals surface area (Å²) in [5.74, 6) is 0.559. The van der Waals surface area contributed by atoms with Crippen LogP contribution >= 0.6 is 0 Å². The normalized spacial score (nSPS) is 10.9. The van der Waals surface area contributed by atoms with E-state index in [-0.39, 0.29) is 5.75 Å². The van der Waals surface area contributed by atoms with Crippen LogP contribution in [-0.4, -0.2) is 18.4 Å². The second kappa shape index (κ2) is 5.57. The number of aryl methyl sites for hydroxylation is 2. The molecule has 3 heteroatoms. The SMILES string of the molecule is COc1cccc(C=Nc2cc(C)ccc2C)c1O. The molecule has 2 aromatic rings. The number of aliphatic imine (C=N–C) groups is 1. The molecule has 0 bridgehead atoms. The summed E-state index contributed by atoms with van der Waals surface area (Å²) in [5.41, 5.74) is 3.80. The predicted molar refractivity (Wildman–Crippen MR) is 77.8 cm³/mol.